The van der Waals surface area contributed by atoms with Gasteiger partial charge in [-0.05, 0) is 12.3 Å². The van der Waals surface area contributed by atoms with Crippen LogP contribution in [0.15, 0.2) is 11.0 Å². The van der Waals surface area contributed by atoms with E-state index >= 15 is 0 Å². The highest BCUT2D eigenvalue weighted by molar-refractivity contribution is 5.69. The second-order valence-corrected chi connectivity index (χ2v) is 4.33. The summed E-state index contributed by atoms with van der Waals surface area (Å²) in [6.45, 7) is 2.73. The van der Waals surface area contributed by atoms with Crippen LogP contribution in [0.3, 0.4) is 0 Å². The second kappa shape index (κ2) is 4.08. The van der Waals surface area contributed by atoms with E-state index in [2.05, 4.69) is 11.9 Å². The Morgan fingerprint density at radius 2 is 2.44 bits per heavy atom. The van der Waals surface area contributed by atoms with E-state index in [9.17, 15) is 9.59 Å². The van der Waals surface area contributed by atoms with Crippen molar-refractivity contribution in [3.8, 4) is 0 Å². The third-order valence-corrected chi connectivity index (χ3v) is 2.90. The van der Waals surface area contributed by atoms with Crippen LogP contribution in [0.2, 0.25) is 0 Å². The van der Waals surface area contributed by atoms with Crippen molar-refractivity contribution in [2.75, 3.05) is 0 Å². The van der Waals surface area contributed by atoms with E-state index in [0.717, 1.165) is 18.7 Å². The third-order valence-electron chi connectivity index (χ3n) is 2.90. The van der Waals surface area contributed by atoms with Crippen molar-refractivity contribution in [1.82, 2.24) is 9.55 Å². The summed E-state index contributed by atoms with van der Waals surface area (Å²) in [4.78, 5) is 26.7. The molecule has 2 rings (SSSR count). The van der Waals surface area contributed by atoms with Gasteiger partial charge in [0, 0.05) is 24.7 Å². The lowest BCUT2D eigenvalue weighted by Crippen LogP contribution is -2.34. The van der Waals surface area contributed by atoms with Gasteiger partial charge in [-0.1, -0.05) is 6.92 Å². The van der Waals surface area contributed by atoms with Crippen molar-refractivity contribution in [1.29, 1.82) is 0 Å². The first-order valence-corrected chi connectivity index (χ1v) is 5.37. The number of nitrogens with zero attached hydrogens (tertiary/aromatic N) is 2. The maximum Gasteiger partial charge on any atom is 0.308 e. The Morgan fingerprint density at radius 3 is 3.12 bits per heavy atom. The molecule has 1 aromatic rings. The molecule has 0 radical (unpaired) electrons. The highest BCUT2D eigenvalue weighted by atomic mass is 16.4. The molecule has 0 bridgehead atoms. The highest BCUT2D eigenvalue weighted by Crippen LogP contribution is 2.15. The number of hydrogen-bond donors (Lipinski definition) is 1. The van der Waals surface area contributed by atoms with Gasteiger partial charge in [0.2, 0.25) is 0 Å². The van der Waals surface area contributed by atoms with E-state index < -0.39 is 5.97 Å². The van der Waals surface area contributed by atoms with Crippen molar-refractivity contribution < 1.29 is 9.90 Å². The fraction of sp³-hybridized carbons (Fsp3) is 0.545. The van der Waals surface area contributed by atoms with E-state index in [-0.39, 0.29) is 17.5 Å². The number of fused-ring (bicyclic) bond motifs is 1. The third kappa shape index (κ3) is 1.98. The molecule has 5 nitrogen and oxygen atoms in total. The average Bonchev–Trinajstić information content (AvgIpc) is 2.22. The van der Waals surface area contributed by atoms with Gasteiger partial charge in [0.15, 0.2) is 0 Å². The quantitative estimate of drug-likeness (QED) is 0.788. The summed E-state index contributed by atoms with van der Waals surface area (Å²) in [5.74, 6) is 0.229. The zero-order valence-corrected chi connectivity index (χ0v) is 9.14. The average molecular weight is 222 g/mol. The number of aromatic nitrogens is 2. The molecule has 0 saturated carbocycles. The van der Waals surface area contributed by atoms with Gasteiger partial charge in [-0.2, -0.15) is 0 Å². The minimum atomic E-state index is -0.997. The summed E-state index contributed by atoms with van der Waals surface area (Å²) in [5, 5.41) is 8.67. The number of carboxylic acid groups (broad SMARTS) is 1. The number of aryl methyl sites for hydroxylation is 1. The Morgan fingerprint density at radius 1 is 1.69 bits per heavy atom. The minimum absolute atomic E-state index is 0.195. The summed E-state index contributed by atoms with van der Waals surface area (Å²) in [6.07, 6.45) is 2.98. The summed E-state index contributed by atoms with van der Waals surface area (Å²) in [6, 6.07) is 0. The van der Waals surface area contributed by atoms with Gasteiger partial charge in [0.05, 0.1) is 6.42 Å². The van der Waals surface area contributed by atoms with Crippen molar-refractivity contribution in [2.24, 2.45) is 5.92 Å². The molecule has 1 aromatic heterocycles. The van der Waals surface area contributed by atoms with Crippen molar-refractivity contribution >= 4 is 5.97 Å². The maximum absolute atomic E-state index is 12.0. The van der Waals surface area contributed by atoms with Crippen molar-refractivity contribution in [3.63, 3.8) is 0 Å². The van der Waals surface area contributed by atoms with Crippen molar-refractivity contribution in [3.05, 3.63) is 27.9 Å². The van der Waals surface area contributed by atoms with Crippen LogP contribution >= 0.6 is 0 Å². The minimum Gasteiger partial charge on any atom is -0.481 e. The Labute approximate surface area is 92.7 Å². The Balaban J connectivity index is 2.42. The fourth-order valence-electron chi connectivity index (χ4n) is 2.02. The van der Waals surface area contributed by atoms with Gasteiger partial charge in [0.1, 0.15) is 5.82 Å². The van der Waals surface area contributed by atoms with Crippen molar-refractivity contribution in [2.45, 2.75) is 32.7 Å². The zero-order chi connectivity index (χ0) is 11.7. The molecule has 1 N–H and O–H groups in total. The van der Waals surface area contributed by atoms with E-state index in [1.807, 2.05) is 0 Å². The highest BCUT2D eigenvalue weighted by Gasteiger charge is 2.19. The van der Waals surface area contributed by atoms with Crippen LogP contribution in [-0.2, 0) is 24.2 Å². The largest absolute Gasteiger partial charge is 0.481 e. The second-order valence-electron chi connectivity index (χ2n) is 4.33. The molecule has 0 aromatic carbocycles. The van der Waals surface area contributed by atoms with E-state index in [1.54, 1.807) is 4.57 Å². The summed E-state index contributed by atoms with van der Waals surface area (Å²) in [5.41, 5.74) is 0.0734. The Bertz CT molecular complexity index is 479. The molecule has 5 heteroatoms. The monoisotopic (exact) mass is 222 g/mol. The van der Waals surface area contributed by atoms with E-state index in [0.29, 0.717) is 12.5 Å². The van der Waals surface area contributed by atoms with Gasteiger partial charge in [0.25, 0.3) is 5.56 Å². The number of aliphatic carboxylic acids is 1. The van der Waals surface area contributed by atoms with Gasteiger partial charge >= 0.3 is 5.97 Å². The van der Waals surface area contributed by atoms with Crippen LogP contribution in [0.1, 0.15) is 24.7 Å². The molecule has 2 heterocycles. The number of hydrogen-bond acceptors (Lipinski definition) is 3. The van der Waals surface area contributed by atoms with Crippen LogP contribution in [0.5, 0.6) is 0 Å². The first-order valence-electron chi connectivity index (χ1n) is 5.37. The number of rotatable bonds is 2. The molecular weight excluding hydrogens is 208 g/mol. The van der Waals surface area contributed by atoms with Crippen LogP contribution in [-0.4, -0.2) is 20.6 Å². The predicted molar refractivity (Wildman–Crippen MR) is 57.3 cm³/mol. The number of carbonyl (C=O) groups is 1. The molecule has 1 aliphatic heterocycles. The first-order chi connectivity index (χ1) is 7.58. The molecule has 1 aliphatic rings. The van der Waals surface area contributed by atoms with Gasteiger partial charge in [-0.25, -0.2) is 4.98 Å². The lowest BCUT2D eigenvalue weighted by Gasteiger charge is -2.22. The summed E-state index contributed by atoms with van der Waals surface area (Å²) in [7, 11) is 0. The molecule has 1 atom stereocenters. The Kier molecular flexibility index (Phi) is 2.77. The summed E-state index contributed by atoms with van der Waals surface area (Å²) >= 11 is 0. The molecule has 16 heavy (non-hydrogen) atoms. The molecule has 1 unspecified atom stereocenters. The summed E-state index contributed by atoms with van der Waals surface area (Å²) < 4.78 is 1.62. The number of carboxylic acids is 1. The van der Waals surface area contributed by atoms with Gasteiger partial charge in [-0.3, -0.25) is 14.2 Å². The lowest BCUT2D eigenvalue weighted by molar-refractivity contribution is -0.136. The molecule has 0 amide bonds. The molecule has 0 aliphatic carbocycles. The van der Waals surface area contributed by atoms with Crippen LogP contribution in [0.4, 0.5) is 0 Å². The van der Waals surface area contributed by atoms with Crippen LogP contribution in [0, 0.1) is 5.92 Å². The van der Waals surface area contributed by atoms with Gasteiger partial charge < -0.3 is 5.11 Å². The smallest absolute Gasteiger partial charge is 0.308 e. The maximum atomic E-state index is 12.0. The first kappa shape index (κ1) is 10.9. The van der Waals surface area contributed by atoms with Crippen LogP contribution in [0.25, 0.3) is 0 Å². The normalized spacial score (nSPS) is 19.2. The molecule has 86 valence electrons. The predicted octanol–water partition coefficient (Wildman–Crippen LogP) is 0.453. The standard InChI is InChI=1S/C11H14N2O3/c1-7-2-3-9-12-5-8(4-10(14)15)11(16)13(9)6-7/h5,7H,2-4,6H2,1H3,(H,14,15). The van der Waals surface area contributed by atoms with E-state index in [4.69, 9.17) is 5.11 Å². The Hall–Kier alpha value is -1.65. The molecule has 0 fully saturated rings. The topological polar surface area (TPSA) is 72.2 Å². The SMILES string of the molecule is CC1CCc2ncc(CC(=O)O)c(=O)n2C1. The van der Waals surface area contributed by atoms with Crippen LogP contribution < -0.4 is 5.56 Å². The lowest BCUT2D eigenvalue weighted by atomic mass is 10.0. The van der Waals surface area contributed by atoms with E-state index in [1.165, 1.54) is 6.20 Å². The zero-order valence-electron chi connectivity index (χ0n) is 9.14. The van der Waals surface area contributed by atoms with Gasteiger partial charge in [-0.15, -0.1) is 0 Å². The fourth-order valence-corrected chi connectivity index (χ4v) is 2.02. The molecule has 0 spiro atoms. The molecular formula is C11H14N2O3. The molecule has 0 saturated heterocycles.